The predicted molar refractivity (Wildman–Crippen MR) is 94.5 cm³/mol. The molecule has 1 N–H and O–H groups in total. The summed E-state index contributed by atoms with van der Waals surface area (Å²) in [6.45, 7) is 2.01. The van der Waals surface area contributed by atoms with Gasteiger partial charge in [-0.05, 0) is 37.8 Å². The molecule has 0 aromatic carbocycles. The first-order valence-electron chi connectivity index (χ1n) is 9.67. The number of hydrogen-bond acceptors (Lipinski definition) is 5. The molecule has 5 rings (SSSR count). The molecule has 4 heterocycles. The largest absolute Gasteiger partial charge is 0.459 e. The average molecular weight is 369 g/mol. The van der Waals surface area contributed by atoms with Crippen LogP contribution < -0.4 is 5.32 Å². The van der Waals surface area contributed by atoms with Crippen molar-refractivity contribution in [3.05, 3.63) is 36.3 Å². The quantitative estimate of drug-likeness (QED) is 0.890. The van der Waals surface area contributed by atoms with E-state index >= 15 is 0 Å². The van der Waals surface area contributed by atoms with Crippen LogP contribution in [0.5, 0.6) is 0 Å². The van der Waals surface area contributed by atoms with Gasteiger partial charge in [0.15, 0.2) is 5.76 Å². The zero-order valence-electron chi connectivity index (χ0n) is 15.1. The number of likely N-dealkylation sites (tertiary alicyclic amines) is 1. The number of hydrogen-bond donors (Lipinski definition) is 1. The van der Waals surface area contributed by atoms with Gasteiger partial charge in [0, 0.05) is 31.0 Å². The molecule has 27 heavy (non-hydrogen) atoms. The van der Waals surface area contributed by atoms with Crippen molar-refractivity contribution >= 4 is 11.8 Å². The molecule has 3 aliphatic rings. The van der Waals surface area contributed by atoms with Crippen LogP contribution in [0.4, 0.5) is 0 Å². The lowest BCUT2D eigenvalue weighted by Crippen LogP contribution is -2.49. The third-order valence-electron chi connectivity index (χ3n) is 6.50. The molecule has 1 saturated carbocycles. The van der Waals surface area contributed by atoms with E-state index in [9.17, 15) is 9.59 Å². The van der Waals surface area contributed by atoms with Crippen molar-refractivity contribution in [2.24, 2.45) is 11.3 Å². The second-order valence-corrected chi connectivity index (χ2v) is 7.98. The van der Waals surface area contributed by atoms with Gasteiger partial charge in [0.05, 0.1) is 12.3 Å². The van der Waals surface area contributed by atoms with Crippen LogP contribution in [-0.4, -0.2) is 44.6 Å². The average Bonchev–Trinajstić information content (AvgIpc) is 3.36. The lowest BCUT2D eigenvalue weighted by molar-refractivity contribution is -0.129. The van der Waals surface area contributed by atoms with E-state index in [1.165, 1.54) is 6.26 Å². The summed E-state index contributed by atoms with van der Waals surface area (Å²) in [6, 6.07) is 3.21. The van der Waals surface area contributed by atoms with Gasteiger partial charge in [-0.25, -0.2) is 9.67 Å². The topological polar surface area (TPSA) is 93.3 Å². The lowest BCUT2D eigenvalue weighted by Gasteiger charge is -2.41. The molecule has 1 spiro atoms. The Kier molecular flexibility index (Phi) is 3.80. The summed E-state index contributed by atoms with van der Waals surface area (Å²) in [5.41, 5.74) is -0.204. The van der Waals surface area contributed by atoms with Crippen molar-refractivity contribution < 1.29 is 14.0 Å². The fourth-order valence-corrected chi connectivity index (χ4v) is 4.63. The van der Waals surface area contributed by atoms with Crippen molar-refractivity contribution in [3.8, 4) is 0 Å². The van der Waals surface area contributed by atoms with Gasteiger partial charge in [-0.2, -0.15) is 5.10 Å². The molecule has 2 aliphatic heterocycles. The van der Waals surface area contributed by atoms with Gasteiger partial charge in [-0.15, -0.1) is 0 Å². The minimum atomic E-state index is -0.212. The molecule has 8 nitrogen and oxygen atoms in total. The van der Waals surface area contributed by atoms with Crippen molar-refractivity contribution in [1.29, 1.82) is 0 Å². The van der Waals surface area contributed by atoms with Crippen LogP contribution in [0.15, 0.2) is 29.1 Å². The highest BCUT2D eigenvalue weighted by Crippen LogP contribution is 2.48. The van der Waals surface area contributed by atoms with Gasteiger partial charge < -0.3 is 14.6 Å². The van der Waals surface area contributed by atoms with Crippen LogP contribution in [0, 0.1) is 11.3 Å². The summed E-state index contributed by atoms with van der Waals surface area (Å²) in [5.74, 6) is 1.30. The number of aromatic nitrogens is 3. The molecule has 142 valence electrons. The molecule has 0 bridgehead atoms. The van der Waals surface area contributed by atoms with Gasteiger partial charge >= 0.3 is 0 Å². The Morgan fingerprint density at radius 1 is 1.26 bits per heavy atom. The number of fused-ring (bicyclic) bond motifs is 1. The second kappa shape index (κ2) is 6.21. The molecule has 2 aromatic heterocycles. The summed E-state index contributed by atoms with van der Waals surface area (Å²) in [7, 11) is 0. The Bertz CT molecular complexity index is 857. The van der Waals surface area contributed by atoms with Gasteiger partial charge in [0.1, 0.15) is 12.2 Å². The fraction of sp³-hybridized carbons (Fsp3) is 0.579. The Balaban J connectivity index is 1.41. The molecule has 0 radical (unpaired) electrons. The first-order valence-corrected chi connectivity index (χ1v) is 9.67. The minimum Gasteiger partial charge on any atom is -0.459 e. The lowest BCUT2D eigenvalue weighted by atomic mass is 9.73. The van der Waals surface area contributed by atoms with E-state index in [2.05, 4.69) is 15.4 Å². The summed E-state index contributed by atoms with van der Waals surface area (Å²) < 4.78 is 7.17. The molecule has 2 atom stereocenters. The first-order chi connectivity index (χ1) is 13.2. The number of rotatable bonds is 3. The molecule has 1 aliphatic carbocycles. The number of carbonyl (C=O) groups is 2. The van der Waals surface area contributed by atoms with Gasteiger partial charge in [-0.3, -0.25) is 9.59 Å². The summed E-state index contributed by atoms with van der Waals surface area (Å²) in [4.78, 5) is 31.7. The maximum Gasteiger partial charge on any atom is 0.289 e. The number of nitrogens with one attached hydrogen (secondary N) is 1. The Labute approximate surface area is 156 Å². The number of carbonyl (C=O) groups excluding carboxylic acids is 2. The molecule has 2 unspecified atom stereocenters. The van der Waals surface area contributed by atoms with E-state index in [4.69, 9.17) is 4.42 Å². The molecular formula is C19H23N5O3. The molecule has 2 fully saturated rings. The highest BCUT2D eigenvalue weighted by atomic mass is 16.3. The number of furan rings is 1. The number of amides is 2. The number of nitrogens with zero attached hydrogens (tertiary/aromatic N) is 4. The zero-order valence-corrected chi connectivity index (χ0v) is 15.1. The normalized spacial score (nSPS) is 27.4. The van der Waals surface area contributed by atoms with Crippen LogP contribution in [0.3, 0.4) is 0 Å². The molecular weight excluding hydrogens is 346 g/mol. The maximum atomic E-state index is 12.7. The monoisotopic (exact) mass is 369 g/mol. The van der Waals surface area contributed by atoms with E-state index < -0.39 is 0 Å². The van der Waals surface area contributed by atoms with Crippen LogP contribution in [-0.2, 0) is 11.3 Å². The van der Waals surface area contributed by atoms with E-state index in [-0.39, 0.29) is 29.2 Å². The zero-order chi connectivity index (χ0) is 18.4. The van der Waals surface area contributed by atoms with E-state index in [0.29, 0.717) is 18.8 Å². The Morgan fingerprint density at radius 2 is 2.11 bits per heavy atom. The van der Waals surface area contributed by atoms with Crippen molar-refractivity contribution in [2.75, 3.05) is 13.1 Å². The predicted octanol–water partition coefficient (Wildman–Crippen LogP) is 1.76. The highest BCUT2D eigenvalue weighted by molar-refractivity contribution is 5.91. The minimum absolute atomic E-state index is 0.0898. The van der Waals surface area contributed by atoms with Crippen molar-refractivity contribution in [1.82, 2.24) is 25.0 Å². The third-order valence-corrected chi connectivity index (χ3v) is 6.50. The molecule has 8 heteroatoms. The SMILES string of the molecule is O=C(NC1c2ncnn2CCC12CCN(C(=O)c1ccco1)C2)C1CCC1. The first kappa shape index (κ1) is 16.5. The Hall–Kier alpha value is -2.64. The summed E-state index contributed by atoms with van der Waals surface area (Å²) in [6.07, 6.45) is 7.81. The smallest absolute Gasteiger partial charge is 0.289 e. The van der Waals surface area contributed by atoms with Crippen LogP contribution in [0.25, 0.3) is 0 Å². The van der Waals surface area contributed by atoms with Gasteiger partial charge in [-0.1, -0.05) is 6.42 Å². The van der Waals surface area contributed by atoms with E-state index in [1.54, 1.807) is 18.5 Å². The number of aryl methyl sites for hydroxylation is 1. The third kappa shape index (κ3) is 2.65. The van der Waals surface area contributed by atoms with Crippen LogP contribution >= 0.6 is 0 Å². The van der Waals surface area contributed by atoms with Crippen molar-refractivity contribution in [3.63, 3.8) is 0 Å². The van der Waals surface area contributed by atoms with Crippen LogP contribution in [0.2, 0.25) is 0 Å². The molecule has 2 aromatic rings. The Morgan fingerprint density at radius 3 is 2.85 bits per heavy atom. The highest BCUT2D eigenvalue weighted by Gasteiger charge is 2.51. The van der Waals surface area contributed by atoms with Crippen molar-refractivity contribution in [2.45, 2.75) is 44.7 Å². The summed E-state index contributed by atoms with van der Waals surface area (Å²) >= 11 is 0. The summed E-state index contributed by atoms with van der Waals surface area (Å²) in [5, 5.41) is 7.57. The van der Waals surface area contributed by atoms with E-state index in [0.717, 1.165) is 44.5 Å². The second-order valence-electron chi connectivity index (χ2n) is 7.98. The maximum absolute atomic E-state index is 12.7. The van der Waals surface area contributed by atoms with Crippen LogP contribution in [0.1, 0.15) is 54.5 Å². The molecule has 2 amide bonds. The standard InChI is InChI=1S/C19H23N5O3/c25-17(13-3-1-4-13)22-15-16-20-12-21-24(16)9-7-19(15)6-8-23(11-19)18(26)14-5-2-10-27-14/h2,5,10,12-13,15H,1,3-4,6-9,11H2,(H,22,25). The van der Waals surface area contributed by atoms with Gasteiger partial charge in [0.25, 0.3) is 5.91 Å². The van der Waals surface area contributed by atoms with E-state index in [1.807, 2.05) is 9.58 Å². The van der Waals surface area contributed by atoms with Gasteiger partial charge in [0.2, 0.25) is 5.91 Å². The molecule has 1 saturated heterocycles. The fourth-order valence-electron chi connectivity index (χ4n) is 4.63.